The third-order valence-corrected chi connectivity index (χ3v) is 2.19. The second kappa shape index (κ2) is 4.15. The van der Waals surface area contributed by atoms with Gasteiger partial charge in [0, 0.05) is 14.0 Å². The van der Waals surface area contributed by atoms with Crippen molar-refractivity contribution in [2.75, 3.05) is 20.6 Å². The molecule has 0 radical (unpaired) electrons. The van der Waals surface area contributed by atoms with Gasteiger partial charge in [-0.15, -0.1) is 6.42 Å². The van der Waals surface area contributed by atoms with Crippen molar-refractivity contribution in [1.29, 1.82) is 0 Å². The number of aliphatic imine (C=N–C) groups is 1. The third-order valence-electron chi connectivity index (χ3n) is 2.19. The van der Waals surface area contributed by atoms with E-state index in [0.717, 1.165) is 6.54 Å². The highest BCUT2D eigenvalue weighted by Gasteiger charge is 2.22. The fraction of sp³-hybridized carbons (Fsp3) is 0.667. The van der Waals surface area contributed by atoms with Crippen molar-refractivity contribution in [3.8, 4) is 12.3 Å². The van der Waals surface area contributed by atoms with Gasteiger partial charge in [-0.05, 0) is 12.8 Å². The molecule has 0 aromatic heterocycles. The molecule has 62 valence electrons. The van der Waals surface area contributed by atoms with Crippen LogP contribution in [0.1, 0.15) is 13.8 Å². The van der Waals surface area contributed by atoms with Gasteiger partial charge in [0.15, 0.2) is 12.4 Å². The molecule has 0 aromatic rings. The van der Waals surface area contributed by atoms with Gasteiger partial charge >= 0.3 is 0 Å². The smallest absolute Gasteiger partial charge is 0.185 e. The Kier molecular flexibility index (Phi) is 3.84. The van der Waals surface area contributed by atoms with E-state index in [-0.39, 0.29) is 6.04 Å². The maximum absolute atomic E-state index is 5.34. The second-order valence-corrected chi connectivity index (χ2v) is 2.88. The van der Waals surface area contributed by atoms with Gasteiger partial charge < -0.3 is 0 Å². The highest BCUT2D eigenvalue weighted by atomic mass is 15.4. The van der Waals surface area contributed by atoms with Crippen LogP contribution in [-0.2, 0) is 0 Å². The van der Waals surface area contributed by atoms with Crippen LogP contribution in [0.5, 0.6) is 0 Å². The van der Waals surface area contributed by atoms with Crippen molar-refractivity contribution in [2.24, 2.45) is 4.99 Å². The molecule has 0 fully saturated rings. The van der Waals surface area contributed by atoms with Gasteiger partial charge in [0.2, 0.25) is 0 Å². The Hall–Kier alpha value is -0.810. The summed E-state index contributed by atoms with van der Waals surface area (Å²) in [7, 11) is 3.85. The molecule has 0 spiro atoms. The van der Waals surface area contributed by atoms with E-state index in [1.165, 1.54) is 0 Å². The lowest BCUT2D eigenvalue weighted by atomic mass is 10.2. The molecule has 0 rings (SSSR count). The first-order valence-electron chi connectivity index (χ1n) is 3.85. The van der Waals surface area contributed by atoms with E-state index in [2.05, 4.69) is 24.9 Å². The van der Waals surface area contributed by atoms with Crippen LogP contribution in [0, 0.1) is 12.3 Å². The Balaban J connectivity index is 4.48. The molecule has 0 heterocycles. The zero-order valence-corrected chi connectivity index (χ0v) is 7.83. The Morgan fingerprint density at radius 2 is 2.27 bits per heavy atom. The average Bonchev–Trinajstić information content (AvgIpc) is 2.03. The van der Waals surface area contributed by atoms with E-state index in [0.29, 0.717) is 4.48 Å². The highest BCUT2D eigenvalue weighted by molar-refractivity contribution is 5.46. The summed E-state index contributed by atoms with van der Waals surface area (Å²) >= 11 is 0. The lowest BCUT2D eigenvalue weighted by molar-refractivity contribution is -0.828. The minimum atomic E-state index is 0.198. The van der Waals surface area contributed by atoms with Crippen molar-refractivity contribution < 1.29 is 4.48 Å². The van der Waals surface area contributed by atoms with Crippen LogP contribution >= 0.6 is 0 Å². The first-order chi connectivity index (χ1) is 5.10. The van der Waals surface area contributed by atoms with Gasteiger partial charge in [-0.3, -0.25) is 4.48 Å². The van der Waals surface area contributed by atoms with Crippen molar-refractivity contribution in [3.05, 3.63) is 0 Å². The number of rotatable bonds is 3. The molecule has 0 aliphatic rings. The van der Waals surface area contributed by atoms with Crippen LogP contribution in [0.3, 0.4) is 0 Å². The SMILES string of the molecule is C#CC(C)[N+](C)(C=NC)CC. The molecule has 0 N–H and O–H groups in total. The van der Waals surface area contributed by atoms with E-state index >= 15 is 0 Å². The maximum atomic E-state index is 5.34. The number of terminal acetylenes is 1. The third kappa shape index (κ3) is 2.36. The first kappa shape index (κ1) is 10.2. The summed E-state index contributed by atoms with van der Waals surface area (Å²) in [4.78, 5) is 4.00. The van der Waals surface area contributed by atoms with Crippen molar-refractivity contribution >= 4 is 6.34 Å². The van der Waals surface area contributed by atoms with E-state index in [1.807, 2.05) is 13.3 Å². The predicted octanol–water partition coefficient (Wildman–Crippen LogP) is 1.13. The number of hydrogen-bond acceptors (Lipinski definition) is 1. The van der Waals surface area contributed by atoms with Gasteiger partial charge in [0.25, 0.3) is 0 Å². The molecule has 0 saturated carbocycles. The summed E-state index contributed by atoms with van der Waals surface area (Å²) in [6.07, 6.45) is 7.23. The topological polar surface area (TPSA) is 12.4 Å². The van der Waals surface area contributed by atoms with Gasteiger partial charge in [0.05, 0.1) is 13.6 Å². The van der Waals surface area contributed by atoms with Gasteiger partial charge in [-0.1, -0.05) is 0 Å². The van der Waals surface area contributed by atoms with Gasteiger partial charge in [-0.25, -0.2) is 4.99 Å². The van der Waals surface area contributed by atoms with Crippen molar-refractivity contribution in [1.82, 2.24) is 0 Å². The van der Waals surface area contributed by atoms with Crippen LogP contribution in [0.2, 0.25) is 0 Å². The number of quaternary nitrogens is 1. The fourth-order valence-electron chi connectivity index (χ4n) is 0.890. The van der Waals surface area contributed by atoms with E-state index in [9.17, 15) is 0 Å². The second-order valence-electron chi connectivity index (χ2n) is 2.88. The van der Waals surface area contributed by atoms with Crippen LogP contribution < -0.4 is 0 Å². The Morgan fingerprint density at radius 3 is 2.55 bits per heavy atom. The average molecular weight is 153 g/mol. The molecule has 0 aromatic carbocycles. The minimum Gasteiger partial charge on any atom is -0.272 e. The molecule has 2 atom stereocenters. The molecule has 2 nitrogen and oxygen atoms in total. The van der Waals surface area contributed by atoms with Crippen molar-refractivity contribution in [3.63, 3.8) is 0 Å². The normalized spacial score (nSPS) is 19.2. The molecule has 0 amide bonds. The van der Waals surface area contributed by atoms with E-state index < -0.39 is 0 Å². The van der Waals surface area contributed by atoms with Crippen LogP contribution in [0.15, 0.2) is 4.99 Å². The molecule has 2 unspecified atom stereocenters. The summed E-state index contributed by atoms with van der Waals surface area (Å²) < 4.78 is 0.715. The summed E-state index contributed by atoms with van der Waals surface area (Å²) in [5.74, 6) is 2.72. The van der Waals surface area contributed by atoms with Crippen LogP contribution in [0.25, 0.3) is 0 Å². The molecule has 0 aliphatic heterocycles. The largest absolute Gasteiger partial charge is 0.272 e. The summed E-state index contributed by atoms with van der Waals surface area (Å²) in [6, 6.07) is 0.198. The van der Waals surface area contributed by atoms with Crippen molar-refractivity contribution in [2.45, 2.75) is 19.9 Å². The molecular formula is C9H17N2+. The zero-order valence-electron chi connectivity index (χ0n) is 7.83. The summed E-state index contributed by atoms with van der Waals surface area (Å²) in [6.45, 7) is 5.11. The molecule has 0 bridgehead atoms. The summed E-state index contributed by atoms with van der Waals surface area (Å²) in [5, 5.41) is 0. The summed E-state index contributed by atoms with van der Waals surface area (Å²) in [5.41, 5.74) is 0. The Labute approximate surface area is 69.5 Å². The maximum Gasteiger partial charge on any atom is 0.185 e. The molecule has 11 heavy (non-hydrogen) atoms. The lowest BCUT2D eigenvalue weighted by Gasteiger charge is -2.30. The first-order valence-corrected chi connectivity index (χ1v) is 3.85. The number of hydrogen-bond donors (Lipinski definition) is 0. The van der Waals surface area contributed by atoms with Gasteiger partial charge in [0.1, 0.15) is 0 Å². The highest BCUT2D eigenvalue weighted by Crippen LogP contribution is 2.05. The Morgan fingerprint density at radius 1 is 1.73 bits per heavy atom. The lowest BCUT2D eigenvalue weighted by Crippen LogP contribution is -2.48. The minimum absolute atomic E-state index is 0.198. The van der Waals surface area contributed by atoms with E-state index in [1.54, 1.807) is 7.05 Å². The molecular weight excluding hydrogens is 136 g/mol. The van der Waals surface area contributed by atoms with Crippen LogP contribution in [-0.4, -0.2) is 37.5 Å². The van der Waals surface area contributed by atoms with Crippen LogP contribution in [0.4, 0.5) is 0 Å². The predicted molar refractivity (Wildman–Crippen MR) is 49.4 cm³/mol. The van der Waals surface area contributed by atoms with E-state index in [4.69, 9.17) is 6.42 Å². The molecule has 0 aliphatic carbocycles. The monoisotopic (exact) mass is 153 g/mol. The molecule has 0 saturated heterocycles. The Bertz CT molecular complexity index is 178. The zero-order chi connectivity index (χ0) is 8.91. The standard InChI is InChI=1S/C9H17N2/c1-6-9(3)11(5,7-2)8-10-4/h1,8-9H,7H2,2-5H3/q+1. The number of nitrogens with zero attached hydrogens (tertiary/aromatic N) is 2. The quantitative estimate of drug-likeness (QED) is 0.249. The molecule has 2 heteroatoms. The fourth-order valence-corrected chi connectivity index (χ4v) is 0.890. The van der Waals surface area contributed by atoms with Gasteiger partial charge in [-0.2, -0.15) is 0 Å².